The molecular weight excluding hydrogens is 320 g/mol. The normalized spacial score (nSPS) is 26.1. The molecule has 4 nitrogen and oxygen atoms in total. The molecule has 0 saturated carbocycles. The van der Waals surface area contributed by atoms with Gasteiger partial charge in [-0.3, -0.25) is 9.69 Å². The lowest BCUT2D eigenvalue weighted by Gasteiger charge is -2.21. The molecule has 24 heavy (non-hydrogen) atoms. The number of aryl methyl sites for hydroxylation is 2. The zero-order valence-electron chi connectivity index (χ0n) is 13.6. The van der Waals surface area contributed by atoms with Crippen LogP contribution in [-0.2, 0) is 24.2 Å². The molecule has 126 valence electrons. The molecule has 2 aromatic rings. The van der Waals surface area contributed by atoms with Gasteiger partial charge in [0, 0.05) is 30.4 Å². The average molecular weight is 342 g/mol. The van der Waals surface area contributed by atoms with Crippen LogP contribution in [0.3, 0.4) is 0 Å². The molecule has 3 unspecified atom stereocenters. The number of hydrogen-bond donors (Lipinski definition) is 1. The molecular formula is C19H22N2O2S. The van der Waals surface area contributed by atoms with Gasteiger partial charge >= 0.3 is 5.97 Å². The number of carboxylic acid groups (broad SMARTS) is 1. The Morgan fingerprint density at radius 3 is 2.83 bits per heavy atom. The summed E-state index contributed by atoms with van der Waals surface area (Å²) in [5.74, 6) is -0.811. The summed E-state index contributed by atoms with van der Waals surface area (Å²) in [7, 11) is 0. The van der Waals surface area contributed by atoms with Crippen LogP contribution in [0.25, 0.3) is 0 Å². The Labute approximate surface area is 146 Å². The molecule has 2 bridgehead atoms. The van der Waals surface area contributed by atoms with Crippen molar-refractivity contribution in [3.05, 3.63) is 52.0 Å². The highest BCUT2D eigenvalue weighted by Gasteiger charge is 2.49. The molecule has 1 N–H and O–H groups in total. The SMILES string of the molecule is O=C(O)C1CC2CCC1N2Cc1csc(CCc2ccccc2)n1. The number of nitrogens with zero attached hydrogens (tertiary/aromatic N) is 2. The standard InChI is InChI=1S/C19H22N2O2S/c22-19(23)16-10-15-7-8-17(16)21(15)11-14-12-24-18(20-14)9-6-13-4-2-1-3-5-13/h1-5,12,15-17H,6-11H2,(H,22,23). The van der Waals surface area contributed by atoms with Gasteiger partial charge in [0.1, 0.15) is 0 Å². The minimum Gasteiger partial charge on any atom is -0.481 e. The molecule has 1 aromatic carbocycles. The van der Waals surface area contributed by atoms with Gasteiger partial charge in [0.15, 0.2) is 0 Å². The molecule has 3 atom stereocenters. The number of thiazole rings is 1. The number of carboxylic acids is 1. The molecule has 0 spiro atoms. The monoisotopic (exact) mass is 342 g/mol. The first kappa shape index (κ1) is 15.8. The van der Waals surface area contributed by atoms with Crippen molar-refractivity contribution in [2.24, 2.45) is 5.92 Å². The summed E-state index contributed by atoms with van der Waals surface area (Å²) in [5.41, 5.74) is 2.45. The van der Waals surface area contributed by atoms with E-state index in [0.29, 0.717) is 6.04 Å². The van der Waals surface area contributed by atoms with Crippen molar-refractivity contribution in [3.63, 3.8) is 0 Å². The van der Waals surface area contributed by atoms with Crippen LogP contribution >= 0.6 is 11.3 Å². The van der Waals surface area contributed by atoms with Gasteiger partial charge in [0.25, 0.3) is 0 Å². The second kappa shape index (κ2) is 6.65. The van der Waals surface area contributed by atoms with Gasteiger partial charge in [-0.05, 0) is 31.2 Å². The third-order valence-electron chi connectivity index (χ3n) is 5.41. The topological polar surface area (TPSA) is 53.4 Å². The molecule has 3 heterocycles. The second-order valence-corrected chi connectivity index (χ2v) is 7.81. The predicted molar refractivity (Wildman–Crippen MR) is 94.1 cm³/mol. The lowest BCUT2D eigenvalue weighted by Crippen LogP contribution is -2.32. The van der Waals surface area contributed by atoms with E-state index in [1.807, 2.05) is 6.07 Å². The number of aromatic nitrogens is 1. The highest BCUT2D eigenvalue weighted by molar-refractivity contribution is 7.09. The lowest BCUT2D eigenvalue weighted by molar-refractivity contribution is -0.142. The first-order valence-corrected chi connectivity index (χ1v) is 9.54. The van der Waals surface area contributed by atoms with E-state index in [1.165, 1.54) is 10.6 Å². The van der Waals surface area contributed by atoms with E-state index in [2.05, 4.69) is 34.5 Å². The molecule has 2 aliphatic rings. The maximum atomic E-state index is 11.4. The van der Waals surface area contributed by atoms with Gasteiger partial charge in [-0.25, -0.2) is 4.98 Å². The van der Waals surface area contributed by atoms with Gasteiger partial charge in [0.2, 0.25) is 0 Å². The predicted octanol–water partition coefficient (Wildman–Crippen LogP) is 3.37. The maximum Gasteiger partial charge on any atom is 0.308 e. The minimum atomic E-state index is -0.631. The van der Waals surface area contributed by atoms with Crippen LogP contribution in [0.4, 0.5) is 0 Å². The molecule has 0 radical (unpaired) electrons. The number of fused-ring (bicyclic) bond motifs is 2. The lowest BCUT2D eigenvalue weighted by atomic mass is 9.89. The maximum absolute atomic E-state index is 11.4. The Morgan fingerprint density at radius 1 is 1.25 bits per heavy atom. The van der Waals surface area contributed by atoms with Gasteiger partial charge in [-0.1, -0.05) is 30.3 Å². The third kappa shape index (κ3) is 3.10. The fourth-order valence-corrected chi connectivity index (χ4v) is 5.02. The second-order valence-electron chi connectivity index (χ2n) is 6.87. The summed E-state index contributed by atoms with van der Waals surface area (Å²) < 4.78 is 0. The average Bonchev–Trinajstić information content (AvgIpc) is 3.30. The van der Waals surface area contributed by atoms with Crippen LogP contribution in [0.1, 0.15) is 35.5 Å². The Morgan fingerprint density at radius 2 is 2.08 bits per heavy atom. The quantitative estimate of drug-likeness (QED) is 0.874. The van der Waals surface area contributed by atoms with Crippen molar-refractivity contribution in [2.45, 2.75) is 50.7 Å². The number of benzene rings is 1. The smallest absolute Gasteiger partial charge is 0.308 e. The number of carbonyl (C=O) groups is 1. The highest BCUT2D eigenvalue weighted by Crippen LogP contribution is 2.42. The van der Waals surface area contributed by atoms with Crippen LogP contribution < -0.4 is 0 Å². The molecule has 2 aliphatic heterocycles. The Bertz CT molecular complexity index is 715. The van der Waals surface area contributed by atoms with E-state index in [4.69, 9.17) is 4.98 Å². The van der Waals surface area contributed by atoms with Crippen LogP contribution in [-0.4, -0.2) is 33.0 Å². The Hall–Kier alpha value is -1.72. The molecule has 0 aliphatic carbocycles. The van der Waals surface area contributed by atoms with E-state index < -0.39 is 5.97 Å². The molecule has 4 rings (SSSR count). The van der Waals surface area contributed by atoms with Gasteiger partial charge in [0.05, 0.1) is 16.6 Å². The first-order valence-electron chi connectivity index (χ1n) is 8.66. The van der Waals surface area contributed by atoms with Crippen LogP contribution in [0, 0.1) is 5.92 Å². The summed E-state index contributed by atoms with van der Waals surface area (Å²) in [5, 5.41) is 12.7. The van der Waals surface area contributed by atoms with Gasteiger partial charge in [-0.15, -0.1) is 11.3 Å². The van der Waals surface area contributed by atoms with Crippen LogP contribution in [0.15, 0.2) is 35.7 Å². The first-order chi connectivity index (χ1) is 11.7. The minimum absolute atomic E-state index is 0.181. The number of rotatable bonds is 6. The van der Waals surface area contributed by atoms with Crippen molar-refractivity contribution >= 4 is 17.3 Å². The summed E-state index contributed by atoms with van der Waals surface area (Å²) in [6.07, 6.45) is 4.96. The zero-order valence-corrected chi connectivity index (χ0v) is 14.4. The fraction of sp³-hybridized carbons (Fsp3) is 0.474. The number of hydrogen-bond acceptors (Lipinski definition) is 4. The van der Waals surface area contributed by atoms with E-state index >= 15 is 0 Å². The Balaban J connectivity index is 1.37. The molecule has 2 saturated heterocycles. The Kier molecular flexibility index (Phi) is 4.37. The van der Waals surface area contributed by atoms with Crippen molar-refractivity contribution in [1.29, 1.82) is 0 Å². The summed E-state index contributed by atoms with van der Waals surface area (Å²) in [6.45, 7) is 0.806. The largest absolute Gasteiger partial charge is 0.481 e. The van der Waals surface area contributed by atoms with Gasteiger partial charge in [-0.2, -0.15) is 0 Å². The summed E-state index contributed by atoms with van der Waals surface area (Å²) >= 11 is 1.73. The van der Waals surface area contributed by atoms with Crippen molar-refractivity contribution in [1.82, 2.24) is 9.88 Å². The molecule has 1 aromatic heterocycles. The van der Waals surface area contributed by atoms with Crippen molar-refractivity contribution in [3.8, 4) is 0 Å². The van der Waals surface area contributed by atoms with Crippen LogP contribution in [0.2, 0.25) is 0 Å². The fourth-order valence-electron chi connectivity index (χ4n) is 4.23. The van der Waals surface area contributed by atoms with E-state index in [-0.39, 0.29) is 12.0 Å². The zero-order chi connectivity index (χ0) is 16.5. The number of aliphatic carboxylic acids is 1. The summed E-state index contributed by atoms with van der Waals surface area (Å²) in [6, 6.07) is 11.1. The van der Waals surface area contributed by atoms with E-state index in [1.54, 1.807) is 11.3 Å². The van der Waals surface area contributed by atoms with Crippen molar-refractivity contribution < 1.29 is 9.90 Å². The van der Waals surface area contributed by atoms with Gasteiger partial charge < -0.3 is 5.11 Å². The summed E-state index contributed by atoms with van der Waals surface area (Å²) in [4.78, 5) is 18.5. The third-order valence-corrected chi connectivity index (χ3v) is 6.37. The molecule has 2 fully saturated rings. The van der Waals surface area contributed by atoms with Crippen LogP contribution in [0.5, 0.6) is 0 Å². The van der Waals surface area contributed by atoms with E-state index in [9.17, 15) is 9.90 Å². The molecule has 5 heteroatoms. The molecule has 0 amide bonds. The highest BCUT2D eigenvalue weighted by atomic mass is 32.1. The van der Waals surface area contributed by atoms with Crippen molar-refractivity contribution in [2.75, 3.05) is 0 Å². The van der Waals surface area contributed by atoms with E-state index in [0.717, 1.165) is 44.3 Å².